The molecular formula is C27H28F3NO4S. The topological polar surface area (TPSA) is 59.0 Å². The van der Waals surface area contributed by atoms with E-state index in [1.54, 1.807) is 18.2 Å². The third kappa shape index (κ3) is 7.41. The molecule has 3 aromatic carbocycles. The molecule has 3 aromatic rings. The van der Waals surface area contributed by atoms with Crippen molar-refractivity contribution in [2.24, 2.45) is 0 Å². The molecule has 192 valence electrons. The molecule has 0 heterocycles. The van der Waals surface area contributed by atoms with Crippen LogP contribution in [-0.4, -0.2) is 27.2 Å². The van der Waals surface area contributed by atoms with Gasteiger partial charge >= 0.3 is 12.1 Å². The molecule has 0 spiro atoms. The maximum Gasteiger partial charge on any atom is 0.416 e. The molecule has 9 heteroatoms. The SMILES string of the molecule is CSN(Cc1ccc(C(F)(F)F)cc1)Cc1cccc(Oc2ccc(OC(C)(C)C(=O)O)c(C)c2)c1. The van der Waals surface area contributed by atoms with Crippen LogP contribution in [0.25, 0.3) is 0 Å². The lowest BCUT2D eigenvalue weighted by Crippen LogP contribution is -2.38. The number of ether oxygens (including phenoxy) is 2. The summed E-state index contributed by atoms with van der Waals surface area (Å²) in [7, 11) is 0. The molecule has 0 aliphatic rings. The van der Waals surface area contributed by atoms with Crippen LogP contribution in [0.5, 0.6) is 17.2 Å². The number of halogens is 3. The Morgan fingerprint density at radius 3 is 2.17 bits per heavy atom. The van der Waals surface area contributed by atoms with E-state index in [-0.39, 0.29) is 0 Å². The van der Waals surface area contributed by atoms with Crippen molar-refractivity contribution in [1.29, 1.82) is 0 Å². The second kappa shape index (κ2) is 11.3. The van der Waals surface area contributed by atoms with E-state index in [0.717, 1.165) is 28.8 Å². The summed E-state index contributed by atoms with van der Waals surface area (Å²) >= 11 is 1.50. The van der Waals surface area contributed by atoms with Crippen LogP contribution in [0.2, 0.25) is 0 Å². The lowest BCUT2D eigenvalue weighted by Gasteiger charge is -2.23. The first-order valence-corrected chi connectivity index (χ1v) is 12.3. The molecule has 3 rings (SSSR count). The van der Waals surface area contributed by atoms with E-state index in [2.05, 4.69) is 0 Å². The molecule has 0 unspecified atom stereocenters. The van der Waals surface area contributed by atoms with Crippen molar-refractivity contribution in [2.75, 3.05) is 6.26 Å². The van der Waals surface area contributed by atoms with Crippen molar-refractivity contribution >= 4 is 17.9 Å². The van der Waals surface area contributed by atoms with Gasteiger partial charge in [-0.1, -0.05) is 36.2 Å². The zero-order valence-corrected chi connectivity index (χ0v) is 21.2. The summed E-state index contributed by atoms with van der Waals surface area (Å²) in [4.78, 5) is 11.3. The van der Waals surface area contributed by atoms with Crippen molar-refractivity contribution in [2.45, 2.75) is 45.6 Å². The minimum atomic E-state index is -4.35. The molecule has 0 fully saturated rings. The Kier molecular flexibility index (Phi) is 8.58. The van der Waals surface area contributed by atoms with Crippen molar-refractivity contribution in [3.05, 3.63) is 89.0 Å². The summed E-state index contributed by atoms with van der Waals surface area (Å²) < 4.78 is 52.1. The molecule has 0 saturated heterocycles. The normalized spacial score (nSPS) is 12.0. The van der Waals surface area contributed by atoms with Gasteiger partial charge in [-0.2, -0.15) is 13.2 Å². The highest BCUT2D eigenvalue weighted by Gasteiger charge is 2.30. The summed E-state index contributed by atoms with van der Waals surface area (Å²) in [6, 6.07) is 17.9. The zero-order chi connectivity index (χ0) is 26.5. The average Bonchev–Trinajstić information content (AvgIpc) is 2.80. The van der Waals surface area contributed by atoms with Gasteiger partial charge in [0.2, 0.25) is 0 Å². The molecule has 5 nitrogen and oxygen atoms in total. The second-order valence-corrected chi connectivity index (χ2v) is 9.65. The Balaban J connectivity index is 1.66. The van der Waals surface area contributed by atoms with Gasteiger partial charge in [-0.3, -0.25) is 0 Å². The summed E-state index contributed by atoms with van der Waals surface area (Å²) in [6.07, 6.45) is -2.43. The minimum Gasteiger partial charge on any atom is -0.478 e. The van der Waals surface area contributed by atoms with Crippen LogP contribution in [0.3, 0.4) is 0 Å². The molecule has 0 saturated carbocycles. The van der Waals surface area contributed by atoms with Gasteiger partial charge in [0.25, 0.3) is 0 Å². The van der Waals surface area contributed by atoms with E-state index in [1.165, 1.54) is 37.9 Å². The number of hydrogen-bond donors (Lipinski definition) is 1. The number of aryl methyl sites for hydroxylation is 1. The van der Waals surface area contributed by atoms with Crippen molar-refractivity contribution in [1.82, 2.24) is 4.31 Å². The predicted molar refractivity (Wildman–Crippen MR) is 134 cm³/mol. The van der Waals surface area contributed by atoms with Crippen LogP contribution < -0.4 is 9.47 Å². The summed E-state index contributed by atoms with van der Waals surface area (Å²) in [5, 5.41) is 9.28. The maximum absolute atomic E-state index is 12.8. The van der Waals surface area contributed by atoms with Gasteiger partial charge in [0, 0.05) is 13.1 Å². The summed E-state index contributed by atoms with van der Waals surface area (Å²) in [5.74, 6) is 0.609. The fourth-order valence-electron chi connectivity index (χ4n) is 3.35. The third-order valence-electron chi connectivity index (χ3n) is 5.42. The molecule has 0 radical (unpaired) electrons. The van der Waals surface area contributed by atoms with E-state index in [0.29, 0.717) is 30.3 Å². The smallest absolute Gasteiger partial charge is 0.416 e. The molecule has 0 bridgehead atoms. The van der Waals surface area contributed by atoms with Gasteiger partial charge in [-0.05, 0) is 86.2 Å². The highest BCUT2D eigenvalue weighted by Crippen LogP contribution is 2.31. The molecule has 1 N–H and O–H groups in total. The highest BCUT2D eigenvalue weighted by molar-refractivity contribution is 7.96. The number of carbonyl (C=O) groups is 1. The number of carboxylic acids is 1. The monoisotopic (exact) mass is 519 g/mol. The number of nitrogens with zero attached hydrogens (tertiary/aromatic N) is 1. The summed E-state index contributed by atoms with van der Waals surface area (Å²) in [5.41, 5.74) is 0.489. The molecule has 0 aromatic heterocycles. The summed E-state index contributed by atoms with van der Waals surface area (Å²) in [6.45, 7) is 5.83. The largest absolute Gasteiger partial charge is 0.478 e. The van der Waals surface area contributed by atoms with Crippen LogP contribution in [0.1, 0.15) is 36.1 Å². The molecule has 0 aliphatic heterocycles. The van der Waals surface area contributed by atoms with Crippen LogP contribution in [0.15, 0.2) is 66.7 Å². The zero-order valence-electron chi connectivity index (χ0n) is 20.4. The van der Waals surface area contributed by atoms with Crippen molar-refractivity contribution in [3.63, 3.8) is 0 Å². The first kappa shape index (κ1) is 27.4. The van der Waals surface area contributed by atoms with Crippen molar-refractivity contribution in [3.8, 4) is 17.2 Å². The van der Waals surface area contributed by atoms with Crippen LogP contribution >= 0.6 is 11.9 Å². The fourth-order valence-corrected chi connectivity index (χ4v) is 3.91. The highest BCUT2D eigenvalue weighted by atomic mass is 32.2. The van der Waals surface area contributed by atoms with E-state index in [4.69, 9.17) is 9.47 Å². The van der Waals surface area contributed by atoms with Crippen molar-refractivity contribution < 1.29 is 32.5 Å². The lowest BCUT2D eigenvalue weighted by molar-refractivity contribution is -0.152. The van der Waals surface area contributed by atoms with Gasteiger partial charge in [0.15, 0.2) is 5.60 Å². The van der Waals surface area contributed by atoms with Crippen LogP contribution in [0.4, 0.5) is 13.2 Å². The molecule has 0 amide bonds. The van der Waals surface area contributed by atoms with E-state index < -0.39 is 23.3 Å². The number of aliphatic carboxylic acids is 1. The number of rotatable bonds is 10. The van der Waals surface area contributed by atoms with E-state index in [9.17, 15) is 23.1 Å². The predicted octanol–water partition coefficient (Wildman–Crippen LogP) is 7.33. The van der Waals surface area contributed by atoms with Gasteiger partial charge in [-0.15, -0.1) is 0 Å². The quantitative estimate of drug-likeness (QED) is 0.283. The third-order valence-corrected chi connectivity index (χ3v) is 6.19. The average molecular weight is 520 g/mol. The Hall–Kier alpha value is -3.17. The van der Waals surface area contributed by atoms with Gasteiger partial charge in [-0.25, -0.2) is 9.10 Å². The molecule has 36 heavy (non-hydrogen) atoms. The van der Waals surface area contributed by atoms with E-state index in [1.807, 2.05) is 41.8 Å². The van der Waals surface area contributed by atoms with Crippen LogP contribution in [0, 0.1) is 6.92 Å². The maximum atomic E-state index is 12.8. The Bertz CT molecular complexity index is 1200. The number of carboxylic acid groups (broad SMARTS) is 1. The minimum absolute atomic E-state index is 0.461. The number of alkyl halides is 3. The Morgan fingerprint density at radius 1 is 0.944 bits per heavy atom. The van der Waals surface area contributed by atoms with Gasteiger partial charge in [0.05, 0.1) is 5.56 Å². The first-order valence-electron chi connectivity index (χ1n) is 11.1. The lowest BCUT2D eigenvalue weighted by atomic mass is 10.1. The fraction of sp³-hybridized carbons (Fsp3) is 0.296. The second-order valence-electron chi connectivity index (χ2n) is 8.77. The standard InChI is InChI=1S/C27H28F3NO4S/c1-18-14-23(12-13-24(18)35-26(2,3)25(32)33)34-22-7-5-6-20(15-22)17-31(36-4)16-19-8-10-21(11-9-19)27(28,29)30/h5-15H,16-17H2,1-4H3,(H,32,33). The number of hydrogen-bond acceptors (Lipinski definition) is 5. The Morgan fingerprint density at radius 2 is 1.58 bits per heavy atom. The molecular weight excluding hydrogens is 491 g/mol. The molecule has 0 aliphatic carbocycles. The van der Waals surface area contributed by atoms with Gasteiger partial charge < -0.3 is 14.6 Å². The van der Waals surface area contributed by atoms with Crippen LogP contribution in [-0.2, 0) is 24.1 Å². The van der Waals surface area contributed by atoms with E-state index >= 15 is 0 Å². The first-order chi connectivity index (χ1) is 16.9. The number of benzene rings is 3. The Labute approximate surface area is 213 Å². The van der Waals surface area contributed by atoms with Gasteiger partial charge in [0.1, 0.15) is 17.2 Å². The molecule has 0 atom stereocenters.